The third-order valence-corrected chi connectivity index (χ3v) is 6.95. The van der Waals surface area contributed by atoms with Crippen molar-refractivity contribution in [1.82, 2.24) is 9.97 Å². The molecular weight excluding hydrogens is 485 g/mol. The van der Waals surface area contributed by atoms with Crippen LogP contribution in [-0.2, 0) is 6.54 Å². The molecule has 0 fully saturated rings. The maximum Gasteiger partial charge on any atom is 0.278 e. The minimum absolute atomic E-state index is 0.108. The summed E-state index contributed by atoms with van der Waals surface area (Å²) in [7, 11) is 0. The van der Waals surface area contributed by atoms with Gasteiger partial charge < -0.3 is 9.64 Å². The molecular formula is C30H26FN3O2S. The summed E-state index contributed by atoms with van der Waals surface area (Å²) in [5.41, 5.74) is 4.14. The van der Waals surface area contributed by atoms with E-state index in [9.17, 15) is 9.18 Å². The second-order valence-corrected chi connectivity index (χ2v) is 10.2. The van der Waals surface area contributed by atoms with Crippen molar-refractivity contribution in [2.75, 3.05) is 4.90 Å². The number of anilines is 1. The summed E-state index contributed by atoms with van der Waals surface area (Å²) in [6.45, 7) is 6.32. The molecule has 0 spiro atoms. The van der Waals surface area contributed by atoms with Crippen LogP contribution in [0.15, 0.2) is 85.1 Å². The minimum atomic E-state index is -0.411. The Balaban J connectivity index is 1.45. The van der Waals surface area contributed by atoms with Crippen LogP contribution in [0.5, 0.6) is 5.75 Å². The molecule has 0 unspecified atom stereocenters. The molecule has 5 nitrogen and oxygen atoms in total. The van der Waals surface area contributed by atoms with Gasteiger partial charge in [-0.1, -0.05) is 18.2 Å². The molecule has 37 heavy (non-hydrogen) atoms. The smallest absolute Gasteiger partial charge is 0.278 e. The van der Waals surface area contributed by atoms with E-state index < -0.39 is 5.82 Å². The number of carbonyl (C=O) groups is 1. The summed E-state index contributed by atoms with van der Waals surface area (Å²) >= 11 is 1.59. The van der Waals surface area contributed by atoms with E-state index in [1.165, 1.54) is 18.3 Å². The molecule has 5 rings (SSSR count). The van der Waals surface area contributed by atoms with Gasteiger partial charge in [0.1, 0.15) is 17.3 Å². The highest BCUT2D eigenvalue weighted by molar-refractivity contribution is 7.15. The Hall–Kier alpha value is -4.10. The molecule has 2 aromatic heterocycles. The van der Waals surface area contributed by atoms with Gasteiger partial charge in [0.15, 0.2) is 0 Å². The molecule has 0 radical (unpaired) electrons. The molecule has 7 heteroatoms. The maximum atomic E-state index is 14.1. The van der Waals surface area contributed by atoms with E-state index >= 15 is 0 Å². The summed E-state index contributed by atoms with van der Waals surface area (Å²) in [5, 5.41) is 0. The highest BCUT2D eigenvalue weighted by atomic mass is 32.1. The number of aryl methyl sites for hydroxylation is 1. The van der Waals surface area contributed by atoms with Crippen LogP contribution in [0.1, 0.15) is 34.8 Å². The topological polar surface area (TPSA) is 55.3 Å². The lowest BCUT2D eigenvalue weighted by Crippen LogP contribution is -2.31. The Bertz CT molecular complexity index is 1580. The first-order valence-corrected chi connectivity index (χ1v) is 12.8. The molecule has 0 bridgehead atoms. The lowest BCUT2D eigenvalue weighted by molar-refractivity contribution is 0.0980. The second-order valence-electron chi connectivity index (χ2n) is 9.03. The predicted octanol–water partition coefficient (Wildman–Crippen LogP) is 7.44. The molecule has 3 aromatic carbocycles. The van der Waals surface area contributed by atoms with Crippen molar-refractivity contribution in [3.05, 3.63) is 107 Å². The van der Waals surface area contributed by atoms with Crippen molar-refractivity contribution in [2.24, 2.45) is 0 Å². The van der Waals surface area contributed by atoms with Gasteiger partial charge in [0.2, 0.25) is 0 Å². The third-order valence-electron chi connectivity index (χ3n) is 5.83. The summed E-state index contributed by atoms with van der Waals surface area (Å²) in [6.07, 6.45) is 1.58. The fourth-order valence-corrected chi connectivity index (χ4v) is 5.08. The van der Waals surface area contributed by atoms with Gasteiger partial charge in [-0.2, -0.15) is 0 Å². The maximum absolute atomic E-state index is 14.1. The molecule has 186 valence electrons. The molecule has 2 heterocycles. The van der Waals surface area contributed by atoms with Crippen molar-refractivity contribution >= 4 is 34.0 Å². The third kappa shape index (κ3) is 5.52. The van der Waals surface area contributed by atoms with Gasteiger partial charge in [0, 0.05) is 15.4 Å². The number of hydrogen-bond acceptors (Lipinski definition) is 5. The van der Waals surface area contributed by atoms with Gasteiger partial charge in [-0.3, -0.25) is 9.78 Å². The van der Waals surface area contributed by atoms with Crippen molar-refractivity contribution in [1.29, 1.82) is 0 Å². The molecule has 0 aliphatic rings. The molecule has 0 saturated heterocycles. The SMILES string of the molecule is Cc1cc(-c2ccc(CN(C(=O)c3cnc4ccccc4n3)c3cccc(F)c3)s2)ccc1OC(C)C. The van der Waals surface area contributed by atoms with E-state index in [1.54, 1.807) is 28.4 Å². The monoisotopic (exact) mass is 511 g/mol. The second kappa shape index (κ2) is 10.5. The van der Waals surface area contributed by atoms with Gasteiger partial charge in [0.05, 0.1) is 29.9 Å². The average molecular weight is 512 g/mol. The molecule has 0 atom stereocenters. The van der Waals surface area contributed by atoms with E-state index in [0.717, 1.165) is 26.6 Å². The zero-order valence-electron chi connectivity index (χ0n) is 20.8. The lowest BCUT2D eigenvalue weighted by atomic mass is 10.1. The van der Waals surface area contributed by atoms with E-state index in [2.05, 4.69) is 16.0 Å². The number of ether oxygens (including phenoxy) is 1. The van der Waals surface area contributed by atoms with Crippen molar-refractivity contribution in [2.45, 2.75) is 33.4 Å². The number of nitrogens with zero attached hydrogens (tertiary/aromatic N) is 3. The fourth-order valence-electron chi connectivity index (χ4n) is 4.09. The Morgan fingerprint density at radius 3 is 2.57 bits per heavy atom. The van der Waals surface area contributed by atoms with Gasteiger partial charge in [-0.15, -0.1) is 11.3 Å². The first kappa shape index (κ1) is 24.6. The summed E-state index contributed by atoms with van der Waals surface area (Å²) in [6, 6.07) is 23.6. The predicted molar refractivity (Wildman–Crippen MR) is 147 cm³/mol. The largest absolute Gasteiger partial charge is 0.491 e. The van der Waals surface area contributed by atoms with Crippen LogP contribution in [0, 0.1) is 12.7 Å². The van der Waals surface area contributed by atoms with Crippen molar-refractivity contribution in [3.8, 4) is 16.2 Å². The Morgan fingerprint density at radius 1 is 1.00 bits per heavy atom. The van der Waals surface area contributed by atoms with E-state index in [0.29, 0.717) is 16.7 Å². The number of fused-ring (bicyclic) bond motifs is 1. The van der Waals surface area contributed by atoms with Gasteiger partial charge in [-0.05, 0) is 92.6 Å². The van der Waals surface area contributed by atoms with E-state index in [1.807, 2.05) is 69.3 Å². The van der Waals surface area contributed by atoms with Crippen molar-refractivity contribution < 1.29 is 13.9 Å². The molecule has 0 aliphatic heterocycles. The molecule has 0 saturated carbocycles. The Kier molecular flexibility index (Phi) is 6.97. The lowest BCUT2D eigenvalue weighted by Gasteiger charge is -2.22. The normalized spacial score (nSPS) is 11.2. The average Bonchev–Trinajstić information content (AvgIpc) is 3.36. The zero-order valence-corrected chi connectivity index (χ0v) is 21.6. The number of para-hydroxylation sites is 2. The number of benzene rings is 3. The highest BCUT2D eigenvalue weighted by Crippen LogP contribution is 2.33. The summed E-state index contributed by atoms with van der Waals surface area (Å²) in [4.78, 5) is 26.1. The van der Waals surface area contributed by atoms with Crippen molar-refractivity contribution in [3.63, 3.8) is 0 Å². The van der Waals surface area contributed by atoms with E-state index in [4.69, 9.17) is 4.74 Å². The Labute approximate surface area is 219 Å². The summed E-state index contributed by atoms with van der Waals surface area (Å²) < 4.78 is 20.0. The van der Waals surface area contributed by atoms with Gasteiger partial charge in [0.25, 0.3) is 5.91 Å². The fraction of sp³-hybridized carbons (Fsp3) is 0.167. The van der Waals surface area contributed by atoms with Crippen LogP contribution < -0.4 is 9.64 Å². The van der Waals surface area contributed by atoms with Crippen LogP contribution in [0.25, 0.3) is 21.5 Å². The number of hydrogen-bond donors (Lipinski definition) is 0. The van der Waals surface area contributed by atoms with Gasteiger partial charge >= 0.3 is 0 Å². The molecule has 1 amide bonds. The first-order chi connectivity index (χ1) is 17.9. The van der Waals surface area contributed by atoms with Crippen LogP contribution in [0.3, 0.4) is 0 Å². The summed E-state index contributed by atoms with van der Waals surface area (Å²) in [5.74, 6) is 0.116. The first-order valence-electron chi connectivity index (χ1n) is 12.0. The van der Waals surface area contributed by atoms with E-state index in [-0.39, 0.29) is 24.2 Å². The van der Waals surface area contributed by atoms with Gasteiger partial charge in [-0.25, -0.2) is 9.37 Å². The number of halogens is 1. The highest BCUT2D eigenvalue weighted by Gasteiger charge is 2.22. The quantitative estimate of drug-likeness (QED) is 0.228. The number of amides is 1. The number of rotatable bonds is 7. The molecule has 5 aromatic rings. The molecule has 0 aliphatic carbocycles. The number of thiophene rings is 1. The number of carbonyl (C=O) groups excluding carboxylic acids is 1. The van der Waals surface area contributed by atoms with Crippen LogP contribution in [0.2, 0.25) is 0 Å². The zero-order chi connectivity index (χ0) is 25.9. The molecule has 0 N–H and O–H groups in total. The number of aromatic nitrogens is 2. The standard InChI is InChI=1S/C30H26FN3O2S/c1-19(2)36-28-13-11-21(15-20(28)3)29-14-12-24(37-29)18-34(23-8-6-7-22(31)16-23)30(35)27-17-32-25-9-4-5-10-26(25)33-27/h4-17,19H,18H2,1-3H3. The Morgan fingerprint density at radius 2 is 1.81 bits per heavy atom. The minimum Gasteiger partial charge on any atom is -0.491 e. The van der Waals surface area contributed by atoms with Crippen LogP contribution in [-0.4, -0.2) is 22.0 Å². The van der Waals surface area contributed by atoms with Crippen LogP contribution >= 0.6 is 11.3 Å². The van der Waals surface area contributed by atoms with Crippen LogP contribution in [0.4, 0.5) is 10.1 Å².